The molecule has 0 spiro atoms. The highest BCUT2D eigenvalue weighted by molar-refractivity contribution is 6.34. The number of fused-ring (bicyclic) bond motifs is 30. The molecule has 0 saturated heterocycles. The fourth-order valence-electron chi connectivity index (χ4n) is 19.2. The summed E-state index contributed by atoms with van der Waals surface area (Å²) in [6, 6.07) is 138. The van der Waals surface area contributed by atoms with Gasteiger partial charge in [-0.1, -0.05) is 279 Å². The maximum absolute atomic E-state index is 6.71. The quantitative estimate of drug-likeness (QED) is 0.157. The average Bonchev–Trinajstić information content (AvgIpc) is 1.58. The summed E-state index contributed by atoms with van der Waals surface area (Å²) in [4.78, 5) is 14.5. The van der Waals surface area contributed by atoms with Crippen molar-refractivity contribution >= 4 is 209 Å². The van der Waals surface area contributed by atoms with E-state index in [-0.39, 0.29) is 0 Å². The molecule has 0 bridgehead atoms. The maximum Gasteiger partial charge on any atom is 0.235 e. The van der Waals surface area contributed by atoms with Crippen LogP contribution in [0, 0.1) is 0 Å². The summed E-state index contributed by atoms with van der Waals surface area (Å²) >= 11 is 6.50. The van der Waals surface area contributed by atoms with Crippen LogP contribution in [0.25, 0.3) is 231 Å². The minimum absolute atomic E-state index is 0.623. The largest absolute Gasteiger partial charge is 0.455 e. The molecule has 572 valence electrons. The number of rotatable bonds is 8. The zero-order valence-electron chi connectivity index (χ0n) is 65.3. The minimum atomic E-state index is 0.623. The first-order valence-corrected chi connectivity index (χ1v) is 41.4. The smallest absolute Gasteiger partial charge is 0.235 e. The van der Waals surface area contributed by atoms with Crippen molar-refractivity contribution in [1.82, 2.24) is 33.2 Å². The molecular weight excluding hydrogens is 1520 g/mol. The third kappa shape index (κ3) is 10.6. The number of anilines is 2. The molecule has 0 aliphatic heterocycles. The van der Waals surface area contributed by atoms with Crippen LogP contribution >= 0.6 is 11.6 Å². The average molecular weight is 1580 g/mol. The van der Waals surface area contributed by atoms with Gasteiger partial charge in [0.2, 0.25) is 5.95 Å². The van der Waals surface area contributed by atoms with E-state index in [0.29, 0.717) is 11.0 Å². The van der Waals surface area contributed by atoms with Gasteiger partial charge in [0.15, 0.2) is 0 Å². The SMILES string of the molecule is Clc1ccccc1Nc1cccc2c3c4oc5ccccc5c4ccc3n(-c3ccccc3)c12.c1ccc(-c2ccc(-c3nc(-n4c5ccccc5c5ccc6c7c8oc9ccccc9c8ccc7n(-c7ccccc7)c6c54)nc4ccccc34)cc2)cc1.c1ccc(-n2c3ccc4c5ccccc5oc4c3c3ccc4c5ccccc5[nH]c4c32)cc1. The lowest BCUT2D eigenvalue weighted by Crippen LogP contribution is -2.04. The molecular formula is C110H67ClN8O3. The van der Waals surface area contributed by atoms with Gasteiger partial charge >= 0.3 is 0 Å². The molecule has 0 fully saturated rings. The van der Waals surface area contributed by atoms with E-state index in [1.54, 1.807) is 0 Å². The summed E-state index contributed by atoms with van der Waals surface area (Å²) in [7, 11) is 0. The number of nitrogens with one attached hydrogen (secondary N) is 2. The van der Waals surface area contributed by atoms with Crippen LogP contribution in [0.15, 0.2) is 408 Å². The van der Waals surface area contributed by atoms with Crippen LogP contribution in [0.3, 0.4) is 0 Å². The number of aromatic nitrogens is 7. The summed E-state index contributed by atoms with van der Waals surface area (Å²) in [5.41, 5.74) is 26.8. The minimum Gasteiger partial charge on any atom is -0.455 e. The van der Waals surface area contributed by atoms with E-state index >= 15 is 0 Å². The molecule has 9 heterocycles. The van der Waals surface area contributed by atoms with Crippen molar-refractivity contribution in [2.24, 2.45) is 0 Å². The Morgan fingerprint density at radius 3 is 1.24 bits per heavy atom. The van der Waals surface area contributed by atoms with Crippen LogP contribution in [0.4, 0.5) is 11.4 Å². The molecule has 9 aromatic heterocycles. The van der Waals surface area contributed by atoms with E-state index in [1.165, 1.54) is 32.8 Å². The van der Waals surface area contributed by atoms with Gasteiger partial charge in [0.05, 0.1) is 93.4 Å². The van der Waals surface area contributed by atoms with Gasteiger partial charge in [-0.3, -0.25) is 4.57 Å². The Morgan fingerprint density at radius 1 is 0.254 bits per heavy atom. The van der Waals surface area contributed by atoms with Crippen LogP contribution in [-0.4, -0.2) is 33.2 Å². The number of halogens is 1. The maximum atomic E-state index is 6.71. The van der Waals surface area contributed by atoms with E-state index in [9.17, 15) is 0 Å². The van der Waals surface area contributed by atoms with Gasteiger partial charge in [0.1, 0.15) is 33.5 Å². The second-order valence-electron chi connectivity index (χ2n) is 31.2. The van der Waals surface area contributed by atoms with Crippen molar-refractivity contribution in [1.29, 1.82) is 0 Å². The molecule has 12 heteroatoms. The number of benzene rings is 18. The lowest BCUT2D eigenvalue weighted by Gasteiger charge is -2.14. The van der Waals surface area contributed by atoms with Gasteiger partial charge in [0.25, 0.3) is 0 Å². The van der Waals surface area contributed by atoms with Gasteiger partial charge in [-0.05, 0) is 139 Å². The van der Waals surface area contributed by atoms with Crippen LogP contribution in [0.1, 0.15) is 0 Å². The Kier molecular flexibility index (Phi) is 15.5. The molecule has 0 aliphatic rings. The Balaban J connectivity index is 0.000000106. The van der Waals surface area contributed by atoms with Crippen molar-refractivity contribution in [3.8, 4) is 45.4 Å². The normalized spacial score (nSPS) is 12.0. The standard InChI is InChI=1S/C50H30N4O.C30H19ClN2O.C30H18N2O/c1-3-13-31(14-4-1)32-23-25-33(26-24-32)46-39-19-7-10-20-41(39)51-50(52-46)54-42-21-11-8-17-35(42)37-27-28-40-45-43(53(48(40)47(37)54)34-15-5-2-6-16-34)30-29-38-36-18-9-12-22-44(36)55-49(38)45;31-23-13-5-6-14-24(23)32-25-15-8-12-22-28-26(33(29(22)25)19-9-2-1-3-10-19)18-17-21-20-11-4-7-16-27(20)34-30(21)28;1-2-8-18(9-3-1)32-25-17-16-22-20-11-5-7-13-26(20)33-30(22)27(25)23-15-14-21-19-10-4-6-12-24(19)31-28(21)29(23)32/h1-30H;1-18,32H;1-17,31H. The summed E-state index contributed by atoms with van der Waals surface area (Å²) in [6.07, 6.45) is 0. The highest BCUT2D eigenvalue weighted by Gasteiger charge is 2.28. The van der Waals surface area contributed by atoms with Crippen LogP contribution in [0.2, 0.25) is 5.02 Å². The molecule has 0 atom stereocenters. The molecule has 2 N–H and O–H groups in total. The molecule has 0 unspecified atom stereocenters. The molecule has 18 aromatic carbocycles. The fourth-order valence-corrected chi connectivity index (χ4v) is 19.4. The third-order valence-corrected chi connectivity index (χ3v) is 24.9. The summed E-state index contributed by atoms with van der Waals surface area (Å²) in [6.45, 7) is 0. The first-order chi connectivity index (χ1) is 60.5. The Morgan fingerprint density at radius 2 is 0.656 bits per heavy atom. The van der Waals surface area contributed by atoms with Gasteiger partial charge in [-0.2, -0.15) is 0 Å². The fraction of sp³-hybridized carbons (Fsp3) is 0. The molecule has 27 rings (SSSR count). The van der Waals surface area contributed by atoms with Gasteiger partial charge in [-0.25, -0.2) is 9.97 Å². The molecule has 0 aliphatic carbocycles. The number of para-hydroxylation sites is 11. The summed E-state index contributed by atoms with van der Waals surface area (Å²) in [5, 5.41) is 23.6. The van der Waals surface area contributed by atoms with Crippen molar-refractivity contribution < 1.29 is 13.3 Å². The zero-order valence-corrected chi connectivity index (χ0v) is 66.1. The molecule has 0 saturated carbocycles. The Hall–Kier alpha value is -16.2. The van der Waals surface area contributed by atoms with Gasteiger partial charge < -0.3 is 37.3 Å². The number of hydrogen-bond donors (Lipinski definition) is 2. The monoisotopic (exact) mass is 1580 g/mol. The van der Waals surface area contributed by atoms with Crippen molar-refractivity contribution in [2.45, 2.75) is 0 Å². The predicted octanol–water partition coefficient (Wildman–Crippen LogP) is 30.5. The molecule has 122 heavy (non-hydrogen) atoms. The van der Waals surface area contributed by atoms with Crippen LogP contribution in [0.5, 0.6) is 0 Å². The number of aromatic amines is 1. The lowest BCUT2D eigenvalue weighted by molar-refractivity contribution is 0.672. The van der Waals surface area contributed by atoms with Crippen LogP contribution < -0.4 is 5.32 Å². The number of hydrogen-bond acceptors (Lipinski definition) is 6. The van der Waals surface area contributed by atoms with Crippen molar-refractivity contribution in [2.75, 3.05) is 5.32 Å². The lowest BCUT2D eigenvalue weighted by atomic mass is 10.0. The van der Waals surface area contributed by atoms with Gasteiger partial charge in [0, 0.05) is 104 Å². The highest BCUT2D eigenvalue weighted by atomic mass is 35.5. The topological polar surface area (TPSA) is 113 Å². The van der Waals surface area contributed by atoms with E-state index < -0.39 is 0 Å². The van der Waals surface area contributed by atoms with Gasteiger partial charge in [-0.15, -0.1) is 0 Å². The second-order valence-corrected chi connectivity index (χ2v) is 31.6. The third-order valence-electron chi connectivity index (χ3n) is 24.5. The van der Waals surface area contributed by atoms with E-state index in [2.05, 4.69) is 356 Å². The second kappa shape index (κ2) is 27.4. The number of nitrogens with zero attached hydrogens (tertiary/aromatic N) is 6. The summed E-state index contributed by atoms with van der Waals surface area (Å²) in [5.74, 6) is 0.623. The van der Waals surface area contributed by atoms with Crippen molar-refractivity contribution in [3.63, 3.8) is 0 Å². The highest BCUT2D eigenvalue weighted by Crippen LogP contribution is 2.49. The Bertz CT molecular complexity index is 8940. The van der Waals surface area contributed by atoms with E-state index in [4.69, 9.17) is 34.8 Å². The Labute approximate surface area is 700 Å². The molecule has 27 aromatic rings. The summed E-state index contributed by atoms with van der Waals surface area (Å²) < 4.78 is 29.0. The first-order valence-electron chi connectivity index (χ1n) is 41.0. The zero-order chi connectivity index (χ0) is 80.2. The molecule has 0 amide bonds. The van der Waals surface area contributed by atoms with Crippen LogP contribution in [-0.2, 0) is 0 Å². The number of furan rings is 3. The van der Waals surface area contributed by atoms with E-state index in [1.807, 2.05) is 66.7 Å². The van der Waals surface area contributed by atoms with E-state index in [0.717, 1.165) is 204 Å². The van der Waals surface area contributed by atoms with Crippen molar-refractivity contribution in [3.05, 3.63) is 399 Å². The number of H-pyrrole nitrogens is 1. The molecule has 0 radical (unpaired) electrons. The molecule has 11 nitrogen and oxygen atoms in total. The first kappa shape index (κ1) is 69.0. The predicted molar refractivity (Wildman–Crippen MR) is 507 cm³/mol.